The lowest BCUT2D eigenvalue weighted by atomic mass is 9.84. The first-order chi connectivity index (χ1) is 13.2. The Bertz CT molecular complexity index is 600. The van der Waals surface area contributed by atoms with E-state index in [1.165, 1.54) is 68.9 Å². The van der Waals surface area contributed by atoms with Gasteiger partial charge in [-0.05, 0) is 37.2 Å². The maximum atomic E-state index is 6.82. The molecule has 3 unspecified atom stereocenters. The van der Waals surface area contributed by atoms with Crippen molar-refractivity contribution in [1.29, 1.82) is 0 Å². The Kier molecular flexibility index (Phi) is 10.2. The number of nitrogens with two attached hydrogens (primary N) is 1. The standard InChI is InChI=1S/C26H39N/c1-22-14-9-7-11-17-24(19-13-12-16-22)26(27)25-18-10-6-4-3-5-8-15-23(2)20-21-25/h3-6,8,10,15,18,20-22,24,26H,7,9,11-14,16-17,19,27H2,1-2H3/b4-3?,5-3-,6-4-,8-5?,10-6?,15-8?,18-10-,21-20?,23-15?,23-20?,25-18?,25-21+. The molecule has 0 bridgehead atoms. The van der Waals surface area contributed by atoms with Gasteiger partial charge in [0.2, 0.25) is 0 Å². The number of allylic oxidation sites excluding steroid dienone is 10. The summed E-state index contributed by atoms with van der Waals surface area (Å²) in [5, 5.41) is 0. The summed E-state index contributed by atoms with van der Waals surface area (Å²) < 4.78 is 0. The van der Waals surface area contributed by atoms with Crippen molar-refractivity contribution in [2.24, 2.45) is 17.6 Å². The van der Waals surface area contributed by atoms with Crippen molar-refractivity contribution in [2.45, 2.75) is 77.7 Å². The van der Waals surface area contributed by atoms with Crippen LogP contribution >= 0.6 is 0 Å². The fraction of sp³-hybridized carbons (Fsp3) is 0.538. The third-order valence-corrected chi connectivity index (χ3v) is 5.93. The first-order valence-corrected chi connectivity index (χ1v) is 11.0. The predicted molar refractivity (Wildman–Crippen MR) is 121 cm³/mol. The summed E-state index contributed by atoms with van der Waals surface area (Å²) in [5.74, 6) is 1.49. The Morgan fingerprint density at radius 2 is 1.30 bits per heavy atom. The van der Waals surface area contributed by atoms with Gasteiger partial charge in [-0.2, -0.15) is 0 Å². The van der Waals surface area contributed by atoms with E-state index < -0.39 is 0 Å². The summed E-state index contributed by atoms with van der Waals surface area (Å²) in [4.78, 5) is 0. The van der Waals surface area contributed by atoms with E-state index in [4.69, 9.17) is 5.73 Å². The minimum Gasteiger partial charge on any atom is -0.324 e. The summed E-state index contributed by atoms with van der Waals surface area (Å²) in [7, 11) is 0. The van der Waals surface area contributed by atoms with Crippen molar-refractivity contribution < 1.29 is 0 Å². The van der Waals surface area contributed by atoms with E-state index in [9.17, 15) is 0 Å². The summed E-state index contributed by atoms with van der Waals surface area (Å²) in [5.41, 5.74) is 9.32. The quantitative estimate of drug-likeness (QED) is 0.550. The number of rotatable bonds is 2. The molecule has 0 aromatic carbocycles. The second kappa shape index (κ2) is 12.7. The van der Waals surface area contributed by atoms with Crippen LogP contribution in [0.2, 0.25) is 0 Å². The Morgan fingerprint density at radius 1 is 0.741 bits per heavy atom. The van der Waals surface area contributed by atoms with Gasteiger partial charge in [0.25, 0.3) is 0 Å². The molecule has 2 aliphatic rings. The molecule has 1 heteroatoms. The topological polar surface area (TPSA) is 26.0 Å². The van der Waals surface area contributed by atoms with Crippen molar-refractivity contribution >= 4 is 0 Å². The first kappa shape index (κ1) is 21.7. The normalized spacial score (nSPS) is 32.4. The molecule has 0 radical (unpaired) electrons. The van der Waals surface area contributed by atoms with Gasteiger partial charge in [-0.1, -0.05) is 118 Å². The molecule has 0 spiro atoms. The van der Waals surface area contributed by atoms with Crippen molar-refractivity contribution in [3.8, 4) is 0 Å². The van der Waals surface area contributed by atoms with Crippen molar-refractivity contribution in [3.63, 3.8) is 0 Å². The molecular formula is C26H39N. The van der Waals surface area contributed by atoms with Gasteiger partial charge in [0.05, 0.1) is 0 Å². The minimum absolute atomic E-state index is 0.124. The van der Waals surface area contributed by atoms with Gasteiger partial charge in [-0.15, -0.1) is 0 Å². The molecule has 0 heterocycles. The van der Waals surface area contributed by atoms with Crippen LogP contribution in [0.4, 0.5) is 0 Å². The average Bonchev–Trinajstić information content (AvgIpc) is 2.70. The second-order valence-electron chi connectivity index (χ2n) is 8.38. The molecule has 0 aliphatic heterocycles. The molecule has 2 N–H and O–H groups in total. The van der Waals surface area contributed by atoms with Crippen LogP contribution in [-0.2, 0) is 0 Å². The summed E-state index contributed by atoms with van der Waals surface area (Å²) in [6.07, 6.45) is 33.3. The highest BCUT2D eigenvalue weighted by atomic mass is 14.7. The molecule has 0 amide bonds. The van der Waals surface area contributed by atoms with Gasteiger partial charge in [-0.3, -0.25) is 0 Å². The van der Waals surface area contributed by atoms with E-state index in [0.29, 0.717) is 5.92 Å². The van der Waals surface area contributed by atoms with E-state index in [1.54, 1.807) is 0 Å². The van der Waals surface area contributed by atoms with Crippen LogP contribution in [0.3, 0.4) is 0 Å². The zero-order chi connectivity index (χ0) is 19.3. The smallest absolute Gasteiger partial charge is 0.0323 e. The number of hydrogen-bond donors (Lipinski definition) is 1. The lowest BCUT2D eigenvalue weighted by Gasteiger charge is -2.25. The van der Waals surface area contributed by atoms with E-state index in [1.807, 2.05) is 0 Å². The Morgan fingerprint density at radius 3 is 2.04 bits per heavy atom. The third-order valence-electron chi connectivity index (χ3n) is 5.93. The maximum absolute atomic E-state index is 6.82. The van der Waals surface area contributed by atoms with Crippen LogP contribution in [0.15, 0.2) is 71.9 Å². The van der Waals surface area contributed by atoms with E-state index >= 15 is 0 Å². The van der Waals surface area contributed by atoms with Crippen molar-refractivity contribution in [2.75, 3.05) is 0 Å². The molecule has 0 aromatic rings. The van der Waals surface area contributed by atoms with Crippen LogP contribution < -0.4 is 5.73 Å². The molecule has 27 heavy (non-hydrogen) atoms. The van der Waals surface area contributed by atoms with Gasteiger partial charge in [0.15, 0.2) is 0 Å². The van der Waals surface area contributed by atoms with Gasteiger partial charge in [0.1, 0.15) is 0 Å². The lowest BCUT2D eigenvalue weighted by molar-refractivity contribution is 0.373. The van der Waals surface area contributed by atoms with E-state index in [0.717, 1.165) is 5.92 Å². The fourth-order valence-corrected chi connectivity index (χ4v) is 4.09. The largest absolute Gasteiger partial charge is 0.324 e. The predicted octanol–water partition coefficient (Wildman–Crippen LogP) is 7.20. The van der Waals surface area contributed by atoms with Crippen molar-refractivity contribution in [3.05, 3.63) is 71.9 Å². The van der Waals surface area contributed by atoms with Gasteiger partial charge in [0, 0.05) is 6.04 Å². The SMILES string of the molecule is CC1=C\C=C(C(N)C2CCCCCC(C)CCCC2)/C=C\C=C/C=C\C=C1. The molecule has 0 aromatic heterocycles. The highest BCUT2D eigenvalue weighted by Gasteiger charge is 2.20. The fourth-order valence-electron chi connectivity index (χ4n) is 4.09. The van der Waals surface area contributed by atoms with Crippen LogP contribution in [0.1, 0.15) is 71.6 Å². The molecule has 1 nitrogen and oxygen atoms in total. The lowest BCUT2D eigenvalue weighted by Crippen LogP contribution is -2.31. The molecule has 3 atom stereocenters. The highest BCUT2D eigenvalue weighted by molar-refractivity contribution is 5.35. The van der Waals surface area contributed by atoms with Crippen molar-refractivity contribution in [1.82, 2.24) is 0 Å². The molecule has 1 fully saturated rings. The van der Waals surface area contributed by atoms with E-state index in [-0.39, 0.29) is 6.04 Å². The van der Waals surface area contributed by atoms with Crippen LogP contribution in [-0.4, -0.2) is 6.04 Å². The zero-order valence-corrected chi connectivity index (χ0v) is 17.4. The Hall–Kier alpha value is -1.60. The van der Waals surface area contributed by atoms with Gasteiger partial charge >= 0.3 is 0 Å². The minimum atomic E-state index is 0.124. The Balaban J connectivity index is 2.12. The maximum Gasteiger partial charge on any atom is 0.0323 e. The molecule has 1 saturated carbocycles. The third kappa shape index (κ3) is 8.75. The van der Waals surface area contributed by atoms with Gasteiger partial charge < -0.3 is 5.73 Å². The van der Waals surface area contributed by atoms with Crippen LogP contribution in [0.25, 0.3) is 0 Å². The summed E-state index contributed by atoms with van der Waals surface area (Å²) in [6.45, 7) is 4.57. The Labute approximate surface area is 167 Å². The molecular weight excluding hydrogens is 326 g/mol. The number of hydrogen-bond acceptors (Lipinski definition) is 1. The zero-order valence-electron chi connectivity index (χ0n) is 17.4. The molecule has 2 rings (SSSR count). The summed E-state index contributed by atoms with van der Waals surface area (Å²) >= 11 is 0. The summed E-state index contributed by atoms with van der Waals surface area (Å²) in [6, 6.07) is 0.124. The molecule has 148 valence electrons. The monoisotopic (exact) mass is 365 g/mol. The molecule has 0 saturated heterocycles. The average molecular weight is 366 g/mol. The van der Waals surface area contributed by atoms with Crippen LogP contribution in [0, 0.1) is 11.8 Å². The molecule has 2 aliphatic carbocycles. The van der Waals surface area contributed by atoms with E-state index in [2.05, 4.69) is 74.6 Å². The first-order valence-electron chi connectivity index (χ1n) is 11.0. The van der Waals surface area contributed by atoms with Gasteiger partial charge in [-0.25, -0.2) is 0 Å². The van der Waals surface area contributed by atoms with Crippen LogP contribution in [0.5, 0.6) is 0 Å². The second-order valence-corrected chi connectivity index (χ2v) is 8.38. The highest BCUT2D eigenvalue weighted by Crippen LogP contribution is 2.28.